The minimum absolute atomic E-state index is 0.0238. The number of nitrogens with zero attached hydrogens (tertiary/aromatic N) is 5. The van der Waals surface area contributed by atoms with Gasteiger partial charge in [-0.15, -0.1) is 0 Å². The molecule has 5 aromatic rings. The first-order chi connectivity index (χ1) is 19.6. The van der Waals surface area contributed by atoms with E-state index in [0.29, 0.717) is 11.4 Å². The molecule has 0 saturated carbocycles. The van der Waals surface area contributed by atoms with E-state index in [4.69, 9.17) is 10.5 Å². The van der Waals surface area contributed by atoms with Crippen LogP contribution >= 0.6 is 11.8 Å². The topological polar surface area (TPSA) is 103 Å². The third kappa shape index (κ3) is 6.30. The van der Waals surface area contributed by atoms with Crippen LogP contribution in [0.3, 0.4) is 0 Å². The molecule has 0 bridgehead atoms. The number of nitrogens with two attached hydrogens (primary N) is 1. The largest absolute Gasteiger partial charge is 0.496 e. The van der Waals surface area contributed by atoms with Crippen LogP contribution in [0.15, 0.2) is 88.0 Å². The van der Waals surface area contributed by atoms with Gasteiger partial charge in [0.15, 0.2) is 11.8 Å². The quantitative estimate of drug-likeness (QED) is 0.117. The summed E-state index contributed by atoms with van der Waals surface area (Å²) in [6.07, 6.45) is 2.38. The molecule has 0 spiro atoms. The van der Waals surface area contributed by atoms with Crippen LogP contribution < -0.4 is 15.8 Å². The molecular weight excluding hydrogens is 544 g/mol. The lowest BCUT2D eigenvalue weighted by Crippen LogP contribution is -2.22. The molecule has 0 aliphatic rings. The van der Waals surface area contributed by atoms with E-state index in [0.717, 1.165) is 51.0 Å². The molecule has 0 amide bonds. The fourth-order valence-corrected chi connectivity index (χ4v) is 5.17. The van der Waals surface area contributed by atoms with Crippen molar-refractivity contribution in [2.45, 2.75) is 43.0 Å². The summed E-state index contributed by atoms with van der Waals surface area (Å²) in [5.41, 5.74) is 10.0. The molecule has 210 valence electrons. The number of rotatable bonds is 8. The van der Waals surface area contributed by atoms with E-state index < -0.39 is 11.6 Å². The first-order valence-electron chi connectivity index (χ1n) is 12.9. The van der Waals surface area contributed by atoms with E-state index in [-0.39, 0.29) is 11.8 Å². The van der Waals surface area contributed by atoms with E-state index in [1.165, 1.54) is 22.5 Å². The van der Waals surface area contributed by atoms with Gasteiger partial charge >= 0.3 is 0 Å². The van der Waals surface area contributed by atoms with Crippen LogP contribution in [0.2, 0.25) is 0 Å². The Hall–Kier alpha value is -4.51. The second-order valence-corrected chi connectivity index (χ2v) is 10.6. The lowest BCUT2D eigenvalue weighted by Gasteiger charge is -2.11. The first kappa shape index (κ1) is 28.0. The first-order valence-corrected chi connectivity index (χ1v) is 13.7. The van der Waals surface area contributed by atoms with Gasteiger partial charge in [0.1, 0.15) is 22.8 Å². The summed E-state index contributed by atoms with van der Waals surface area (Å²) in [5.74, 6) is -2.14. The highest BCUT2D eigenvalue weighted by Gasteiger charge is 2.29. The van der Waals surface area contributed by atoms with Crippen LogP contribution in [0.4, 0.5) is 20.3 Å². The number of fused-ring (bicyclic) bond motifs is 1. The summed E-state index contributed by atoms with van der Waals surface area (Å²) in [6, 6.07) is 20.1. The molecule has 3 aromatic carbocycles. The fourth-order valence-electron chi connectivity index (χ4n) is 4.24. The number of anilines is 1. The van der Waals surface area contributed by atoms with Gasteiger partial charge < -0.3 is 15.8 Å². The Morgan fingerprint density at radius 2 is 1.88 bits per heavy atom. The van der Waals surface area contributed by atoms with Crippen molar-refractivity contribution in [3.05, 3.63) is 89.9 Å². The van der Waals surface area contributed by atoms with E-state index in [1.807, 2.05) is 55.5 Å². The van der Waals surface area contributed by atoms with Crippen molar-refractivity contribution in [3.63, 3.8) is 0 Å². The standard InChI is InChI=1S/C30H29F2N7OS/c1-5-19-13-24-23(15-25(19)40-4)28(35-17-34-24)41-22-8-6-7-20(14-22)36-29(33)37-27-16-26(30(3,31)32)38-39(27)21-11-9-18(2)10-12-21/h6-17H,5H2,1-4H3,(H3,33,36,37). The van der Waals surface area contributed by atoms with Gasteiger partial charge in [0.05, 0.1) is 18.3 Å². The van der Waals surface area contributed by atoms with Gasteiger partial charge in [-0.2, -0.15) is 18.9 Å². The van der Waals surface area contributed by atoms with Gasteiger partial charge in [-0.25, -0.2) is 14.6 Å². The lowest BCUT2D eigenvalue weighted by atomic mass is 10.1. The predicted molar refractivity (Wildman–Crippen MR) is 159 cm³/mol. The fraction of sp³-hybridized carbons (Fsp3) is 0.200. The Kier molecular flexibility index (Phi) is 7.89. The lowest BCUT2D eigenvalue weighted by molar-refractivity contribution is 0.0124. The number of hydrogen-bond donors (Lipinski definition) is 2. The van der Waals surface area contributed by atoms with Gasteiger partial charge in [0.2, 0.25) is 0 Å². The average Bonchev–Trinajstić information content (AvgIpc) is 3.37. The third-order valence-corrected chi connectivity index (χ3v) is 7.37. The number of benzene rings is 3. The number of ether oxygens (including phenoxy) is 1. The molecule has 41 heavy (non-hydrogen) atoms. The van der Waals surface area contributed by atoms with Gasteiger partial charge in [-0.1, -0.05) is 42.4 Å². The van der Waals surface area contributed by atoms with Gasteiger partial charge in [-0.3, -0.25) is 0 Å². The molecule has 8 nitrogen and oxygen atoms in total. The van der Waals surface area contributed by atoms with E-state index in [1.54, 1.807) is 25.6 Å². The van der Waals surface area contributed by atoms with Gasteiger partial charge in [0, 0.05) is 29.0 Å². The minimum Gasteiger partial charge on any atom is -0.496 e. The van der Waals surface area contributed by atoms with Crippen LogP contribution in [0.5, 0.6) is 5.75 Å². The molecule has 0 fully saturated rings. The van der Waals surface area contributed by atoms with Crippen molar-refractivity contribution < 1.29 is 13.5 Å². The van der Waals surface area contributed by atoms with Crippen molar-refractivity contribution in [1.82, 2.24) is 19.7 Å². The monoisotopic (exact) mass is 573 g/mol. The van der Waals surface area contributed by atoms with Gasteiger partial charge in [0.25, 0.3) is 5.92 Å². The van der Waals surface area contributed by atoms with Crippen LogP contribution in [0.25, 0.3) is 16.6 Å². The molecule has 2 aromatic heterocycles. The van der Waals surface area contributed by atoms with E-state index >= 15 is 0 Å². The molecule has 0 unspecified atom stereocenters. The Morgan fingerprint density at radius 3 is 2.59 bits per heavy atom. The average molecular weight is 574 g/mol. The Balaban J connectivity index is 1.42. The number of aryl methyl sites for hydroxylation is 2. The number of halogens is 2. The predicted octanol–water partition coefficient (Wildman–Crippen LogP) is 7.02. The molecule has 2 heterocycles. The van der Waals surface area contributed by atoms with Crippen molar-refractivity contribution >= 4 is 40.1 Å². The molecular formula is C30H29F2N7OS. The summed E-state index contributed by atoms with van der Waals surface area (Å²) >= 11 is 1.48. The molecule has 0 aliphatic carbocycles. The number of guanidine groups is 1. The zero-order valence-electron chi connectivity index (χ0n) is 23.0. The molecule has 3 N–H and O–H groups in total. The molecule has 0 aliphatic heterocycles. The summed E-state index contributed by atoms with van der Waals surface area (Å²) in [4.78, 5) is 14.2. The zero-order chi connectivity index (χ0) is 29.1. The maximum Gasteiger partial charge on any atom is 0.288 e. The number of nitrogens with one attached hydrogen (secondary N) is 1. The maximum absolute atomic E-state index is 14.1. The molecule has 5 rings (SSSR count). The van der Waals surface area contributed by atoms with E-state index in [9.17, 15) is 8.78 Å². The van der Waals surface area contributed by atoms with Crippen LogP contribution in [0.1, 0.15) is 30.7 Å². The van der Waals surface area contributed by atoms with Crippen molar-refractivity contribution in [3.8, 4) is 11.4 Å². The van der Waals surface area contributed by atoms with Crippen molar-refractivity contribution in [2.24, 2.45) is 10.7 Å². The van der Waals surface area contributed by atoms with Crippen LogP contribution in [-0.2, 0) is 12.3 Å². The SMILES string of the molecule is CCc1cc2ncnc(Sc3cccc(N/C(N)=N/c4cc(C(C)(F)F)nn4-c4ccc(C)cc4)c3)c2cc1OC. The number of alkyl halides is 2. The summed E-state index contributed by atoms with van der Waals surface area (Å²) in [6.45, 7) is 4.81. The van der Waals surface area contributed by atoms with Crippen LogP contribution in [0, 0.1) is 6.92 Å². The second-order valence-electron chi connectivity index (χ2n) is 9.49. The molecule has 0 saturated heterocycles. The number of aliphatic imine (C=N–C) groups is 1. The number of methoxy groups -OCH3 is 1. The maximum atomic E-state index is 14.1. The van der Waals surface area contributed by atoms with Gasteiger partial charge in [-0.05, 0) is 61.4 Å². The third-order valence-electron chi connectivity index (χ3n) is 6.36. The highest BCUT2D eigenvalue weighted by Crippen LogP contribution is 2.35. The Morgan fingerprint density at radius 1 is 1.10 bits per heavy atom. The second kappa shape index (κ2) is 11.5. The Bertz CT molecular complexity index is 1730. The summed E-state index contributed by atoms with van der Waals surface area (Å²) in [5, 5.41) is 8.83. The number of hydrogen-bond acceptors (Lipinski definition) is 6. The normalized spacial score (nSPS) is 12.1. The number of aromatic nitrogens is 4. The highest BCUT2D eigenvalue weighted by atomic mass is 32.2. The van der Waals surface area contributed by atoms with Crippen molar-refractivity contribution in [1.29, 1.82) is 0 Å². The summed E-state index contributed by atoms with van der Waals surface area (Å²) in [7, 11) is 1.65. The highest BCUT2D eigenvalue weighted by molar-refractivity contribution is 7.99. The zero-order valence-corrected chi connectivity index (χ0v) is 23.8. The Labute approximate surface area is 240 Å². The molecule has 11 heteroatoms. The summed E-state index contributed by atoms with van der Waals surface area (Å²) < 4.78 is 35.2. The smallest absolute Gasteiger partial charge is 0.288 e. The van der Waals surface area contributed by atoms with Crippen molar-refractivity contribution in [2.75, 3.05) is 12.4 Å². The van der Waals surface area contributed by atoms with Crippen LogP contribution in [-0.4, -0.2) is 32.8 Å². The molecule has 0 atom stereocenters. The molecule has 0 radical (unpaired) electrons. The minimum atomic E-state index is -3.14. The van der Waals surface area contributed by atoms with E-state index in [2.05, 4.69) is 32.3 Å².